The minimum Gasteiger partial charge on any atom is -0.369 e. The Labute approximate surface area is 141 Å². The summed E-state index contributed by atoms with van der Waals surface area (Å²) in [5.41, 5.74) is 0.731. The van der Waals surface area contributed by atoms with Crippen molar-refractivity contribution in [2.75, 3.05) is 11.9 Å². The smallest absolute Gasteiger partial charge is 0.369 e. The second-order valence-electron chi connectivity index (χ2n) is 5.23. The van der Waals surface area contributed by atoms with Crippen molar-refractivity contribution in [3.8, 4) is 0 Å². The van der Waals surface area contributed by atoms with Crippen LogP contribution in [0.15, 0.2) is 48.8 Å². The molecule has 0 spiro atoms. The third-order valence-corrected chi connectivity index (χ3v) is 3.90. The summed E-state index contributed by atoms with van der Waals surface area (Å²) in [6, 6.07) is 11.4. The predicted octanol–water partition coefficient (Wildman–Crippen LogP) is 4.96. The molecule has 3 nitrogen and oxygen atoms in total. The lowest BCUT2D eigenvalue weighted by Gasteiger charge is -2.11. The second-order valence-corrected chi connectivity index (χ2v) is 5.64. The molecule has 3 rings (SSSR count). The van der Waals surface area contributed by atoms with Crippen LogP contribution in [0, 0.1) is 0 Å². The first-order valence-electron chi connectivity index (χ1n) is 7.24. The number of halogens is 4. The van der Waals surface area contributed by atoms with Crippen LogP contribution in [0.25, 0.3) is 10.9 Å². The van der Waals surface area contributed by atoms with Gasteiger partial charge in [-0.05, 0) is 36.2 Å². The van der Waals surface area contributed by atoms with Crippen molar-refractivity contribution in [2.24, 2.45) is 0 Å². The fourth-order valence-electron chi connectivity index (χ4n) is 2.41. The molecule has 0 aliphatic heterocycles. The SMILES string of the molecule is FC(F)(F)c1ccc(CCNc2ncnc3ccccc23)cc1Cl. The Hall–Kier alpha value is -2.34. The molecule has 2 aromatic carbocycles. The van der Waals surface area contributed by atoms with Crippen molar-refractivity contribution in [3.05, 3.63) is 64.9 Å². The van der Waals surface area contributed by atoms with Gasteiger partial charge in [-0.2, -0.15) is 13.2 Å². The van der Waals surface area contributed by atoms with Crippen molar-refractivity contribution in [1.82, 2.24) is 9.97 Å². The van der Waals surface area contributed by atoms with E-state index in [4.69, 9.17) is 11.6 Å². The molecule has 0 saturated carbocycles. The van der Waals surface area contributed by atoms with E-state index in [2.05, 4.69) is 15.3 Å². The summed E-state index contributed by atoms with van der Waals surface area (Å²) < 4.78 is 38.1. The first-order valence-corrected chi connectivity index (χ1v) is 7.62. The molecule has 124 valence electrons. The van der Waals surface area contributed by atoms with Gasteiger partial charge in [-0.15, -0.1) is 0 Å². The molecule has 7 heteroatoms. The maximum atomic E-state index is 12.7. The number of hydrogen-bond donors (Lipinski definition) is 1. The minimum absolute atomic E-state index is 0.285. The van der Waals surface area contributed by atoms with Crippen LogP contribution >= 0.6 is 11.6 Å². The highest BCUT2D eigenvalue weighted by Crippen LogP contribution is 2.35. The summed E-state index contributed by atoms with van der Waals surface area (Å²) in [4.78, 5) is 8.38. The number of fused-ring (bicyclic) bond motifs is 1. The van der Waals surface area contributed by atoms with Crippen LogP contribution in [-0.4, -0.2) is 16.5 Å². The van der Waals surface area contributed by atoms with Crippen LogP contribution in [0.2, 0.25) is 5.02 Å². The average molecular weight is 352 g/mol. The quantitative estimate of drug-likeness (QED) is 0.722. The number of para-hydroxylation sites is 1. The number of alkyl halides is 3. The minimum atomic E-state index is -4.44. The van der Waals surface area contributed by atoms with Gasteiger partial charge in [0.15, 0.2) is 0 Å². The Morgan fingerprint density at radius 1 is 1.04 bits per heavy atom. The van der Waals surface area contributed by atoms with E-state index in [-0.39, 0.29) is 5.02 Å². The molecule has 1 N–H and O–H groups in total. The van der Waals surface area contributed by atoms with E-state index < -0.39 is 11.7 Å². The van der Waals surface area contributed by atoms with Crippen LogP contribution in [0.3, 0.4) is 0 Å². The normalized spacial score (nSPS) is 11.7. The molecule has 0 amide bonds. The van der Waals surface area contributed by atoms with Gasteiger partial charge in [0.05, 0.1) is 16.1 Å². The third kappa shape index (κ3) is 3.59. The fourth-order valence-corrected chi connectivity index (χ4v) is 2.73. The topological polar surface area (TPSA) is 37.8 Å². The Bertz CT molecular complexity index is 860. The highest BCUT2D eigenvalue weighted by Gasteiger charge is 2.32. The summed E-state index contributed by atoms with van der Waals surface area (Å²) in [6.07, 6.45) is -2.44. The van der Waals surface area contributed by atoms with Gasteiger partial charge in [-0.25, -0.2) is 9.97 Å². The first-order chi connectivity index (χ1) is 11.4. The van der Waals surface area contributed by atoms with E-state index >= 15 is 0 Å². The van der Waals surface area contributed by atoms with Gasteiger partial charge in [0.25, 0.3) is 0 Å². The van der Waals surface area contributed by atoms with Gasteiger partial charge in [0.1, 0.15) is 12.1 Å². The Morgan fingerprint density at radius 2 is 1.83 bits per heavy atom. The molecule has 0 radical (unpaired) electrons. The van der Waals surface area contributed by atoms with Crippen molar-refractivity contribution in [1.29, 1.82) is 0 Å². The lowest BCUT2D eigenvalue weighted by molar-refractivity contribution is -0.137. The van der Waals surface area contributed by atoms with E-state index in [0.29, 0.717) is 18.8 Å². The van der Waals surface area contributed by atoms with E-state index in [0.717, 1.165) is 22.5 Å². The standard InChI is InChI=1S/C17H13ClF3N3/c18-14-9-11(5-6-13(14)17(19,20)21)7-8-22-16-12-3-1-2-4-15(12)23-10-24-16/h1-6,9-10H,7-8H2,(H,22,23,24). The predicted molar refractivity (Wildman–Crippen MR) is 88.2 cm³/mol. The van der Waals surface area contributed by atoms with E-state index in [1.165, 1.54) is 18.5 Å². The van der Waals surface area contributed by atoms with Crippen LogP contribution < -0.4 is 5.32 Å². The molecule has 0 fully saturated rings. The van der Waals surface area contributed by atoms with E-state index in [1.54, 1.807) is 0 Å². The Morgan fingerprint density at radius 3 is 2.58 bits per heavy atom. The highest BCUT2D eigenvalue weighted by molar-refractivity contribution is 6.31. The van der Waals surface area contributed by atoms with Crippen molar-refractivity contribution in [3.63, 3.8) is 0 Å². The zero-order valence-electron chi connectivity index (χ0n) is 12.4. The number of benzene rings is 2. The van der Waals surface area contributed by atoms with Gasteiger partial charge in [0.2, 0.25) is 0 Å². The summed E-state index contributed by atoms with van der Waals surface area (Å²) in [5, 5.41) is 3.79. The maximum Gasteiger partial charge on any atom is 0.417 e. The van der Waals surface area contributed by atoms with Crippen LogP contribution in [-0.2, 0) is 12.6 Å². The molecular formula is C17H13ClF3N3. The molecule has 24 heavy (non-hydrogen) atoms. The lowest BCUT2D eigenvalue weighted by atomic mass is 10.1. The Kier molecular flexibility index (Phi) is 4.57. The molecular weight excluding hydrogens is 339 g/mol. The largest absolute Gasteiger partial charge is 0.417 e. The number of aromatic nitrogens is 2. The zero-order chi connectivity index (χ0) is 17.2. The van der Waals surface area contributed by atoms with Gasteiger partial charge < -0.3 is 5.32 Å². The second kappa shape index (κ2) is 6.65. The van der Waals surface area contributed by atoms with Crippen molar-refractivity contribution < 1.29 is 13.2 Å². The molecule has 1 heterocycles. The maximum absolute atomic E-state index is 12.7. The Balaban J connectivity index is 1.69. The molecule has 0 bridgehead atoms. The van der Waals surface area contributed by atoms with Gasteiger partial charge >= 0.3 is 6.18 Å². The summed E-state index contributed by atoms with van der Waals surface area (Å²) in [5.74, 6) is 0.693. The van der Waals surface area contributed by atoms with Crippen molar-refractivity contribution >= 4 is 28.3 Å². The first kappa shape index (κ1) is 16.5. The number of nitrogens with zero attached hydrogens (tertiary/aromatic N) is 2. The van der Waals surface area contributed by atoms with E-state index in [9.17, 15) is 13.2 Å². The van der Waals surface area contributed by atoms with Crippen LogP contribution in [0.4, 0.5) is 19.0 Å². The van der Waals surface area contributed by atoms with Gasteiger partial charge in [-0.1, -0.05) is 29.8 Å². The fraction of sp³-hybridized carbons (Fsp3) is 0.176. The van der Waals surface area contributed by atoms with Crippen molar-refractivity contribution in [2.45, 2.75) is 12.6 Å². The summed E-state index contributed by atoms with van der Waals surface area (Å²) >= 11 is 5.73. The van der Waals surface area contributed by atoms with Crippen LogP contribution in [0.1, 0.15) is 11.1 Å². The number of hydrogen-bond acceptors (Lipinski definition) is 3. The van der Waals surface area contributed by atoms with Gasteiger partial charge in [0, 0.05) is 11.9 Å². The lowest BCUT2D eigenvalue weighted by Crippen LogP contribution is -2.09. The monoisotopic (exact) mass is 351 g/mol. The summed E-state index contributed by atoms with van der Waals surface area (Å²) in [7, 11) is 0. The van der Waals surface area contributed by atoms with Gasteiger partial charge in [-0.3, -0.25) is 0 Å². The molecule has 0 aliphatic rings. The molecule has 0 atom stereocenters. The highest BCUT2D eigenvalue weighted by atomic mass is 35.5. The third-order valence-electron chi connectivity index (χ3n) is 3.59. The molecule has 0 unspecified atom stereocenters. The molecule has 1 aromatic heterocycles. The number of nitrogens with one attached hydrogen (secondary N) is 1. The molecule has 0 saturated heterocycles. The molecule has 0 aliphatic carbocycles. The average Bonchev–Trinajstić information content (AvgIpc) is 2.54. The zero-order valence-corrected chi connectivity index (χ0v) is 13.2. The number of rotatable bonds is 4. The van der Waals surface area contributed by atoms with E-state index in [1.807, 2.05) is 24.3 Å². The molecule has 3 aromatic rings. The summed E-state index contributed by atoms with van der Waals surface area (Å²) in [6.45, 7) is 0.517. The number of anilines is 1. The van der Waals surface area contributed by atoms with Crippen LogP contribution in [0.5, 0.6) is 0 Å².